The molecule has 4 heteroatoms. The van der Waals surface area contributed by atoms with E-state index >= 15 is 0 Å². The maximum absolute atomic E-state index is 5.91. The van der Waals surface area contributed by atoms with Gasteiger partial charge in [0.05, 0.1) is 0 Å². The van der Waals surface area contributed by atoms with Crippen molar-refractivity contribution in [1.29, 1.82) is 0 Å². The quantitative estimate of drug-likeness (QED) is 0.651. The summed E-state index contributed by atoms with van der Waals surface area (Å²) in [5, 5.41) is 5.22. The molecule has 0 bridgehead atoms. The van der Waals surface area contributed by atoms with Gasteiger partial charge in [0.1, 0.15) is 0 Å². The molecule has 1 aromatic heterocycles. The van der Waals surface area contributed by atoms with Gasteiger partial charge in [0, 0.05) is 17.1 Å². The van der Waals surface area contributed by atoms with Crippen LogP contribution in [0.5, 0.6) is 0 Å². The summed E-state index contributed by atoms with van der Waals surface area (Å²) in [6, 6.07) is 12.4. The first-order valence-corrected chi connectivity index (χ1v) is 7.67. The number of anilines is 1. The minimum Gasteiger partial charge on any atom is -0.370 e. The molecule has 0 saturated carbocycles. The van der Waals surface area contributed by atoms with Crippen LogP contribution in [-0.2, 0) is 6.42 Å². The third kappa shape index (κ3) is 4.70. The van der Waals surface area contributed by atoms with Crippen molar-refractivity contribution in [2.75, 3.05) is 11.9 Å². The monoisotopic (exact) mass is 287 g/mol. The third-order valence-electron chi connectivity index (χ3n) is 3.03. The molecule has 0 aliphatic rings. The summed E-state index contributed by atoms with van der Waals surface area (Å²) in [6.45, 7) is 5.00. The maximum Gasteiger partial charge on any atom is 0.193 e. The Morgan fingerprint density at radius 2 is 2.05 bits per heavy atom. The Labute approximate surface area is 124 Å². The minimum atomic E-state index is 0.479. The first-order valence-electron chi connectivity index (χ1n) is 6.79. The zero-order valence-corrected chi connectivity index (χ0v) is 12.8. The number of aliphatic imine (C=N–C) groups is 1. The zero-order chi connectivity index (χ0) is 14.4. The number of thiophene rings is 1. The Balaban J connectivity index is 1.82. The summed E-state index contributed by atoms with van der Waals surface area (Å²) < 4.78 is 0. The number of rotatable bonds is 5. The first kappa shape index (κ1) is 14.6. The number of nitrogens with zero attached hydrogens (tertiary/aromatic N) is 1. The summed E-state index contributed by atoms with van der Waals surface area (Å²) >= 11 is 1.79. The first-order chi connectivity index (χ1) is 9.63. The van der Waals surface area contributed by atoms with Gasteiger partial charge in [-0.3, -0.25) is 4.99 Å². The van der Waals surface area contributed by atoms with Gasteiger partial charge in [-0.05, 0) is 42.8 Å². The van der Waals surface area contributed by atoms with Gasteiger partial charge in [-0.2, -0.15) is 0 Å². The molecule has 3 N–H and O–H groups in total. The summed E-state index contributed by atoms with van der Waals surface area (Å²) in [5.41, 5.74) is 8.11. The van der Waals surface area contributed by atoms with E-state index in [1.165, 1.54) is 10.4 Å². The molecular weight excluding hydrogens is 266 g/mol. The van der Waals surface area contributed by atoms with Crippen molar-refractivity contribution in [3.05, 3.63) is 52.2 Å². The molecule has 0 aliphatic carbocycles. The number of nitrogens with one attached hydrogen (secondary N) is 1. The van der Waals surface area contributed by atoms with E-state index in [9.17, 15) is 0 Å². The largest absolute Gasteiger partial charge is 0.370 e. The number of hydrogen-bond acceptors (Lipinski definition) is 2. The standard InChI is InChI=1S/C16H21N3S/c1-12-5-7-14(8-6-12)19-16(17)18-11-13(2)10-15-4-3-9-20-15/h3-9,13H,10-11H2,1-2H3,(H3,17,18,19). The highest BCUT2D eigenvalue weighted by atomic mass is 32.1. The molecule has 0 spiro atoms. The maximum atomic E-state index is 5.91. The Morgan fingerprint density at radius 3 is 2.70 bits per heavy atom. The molecule has 0 aliphatic heterocycles. The fraction of sp³-hybridized carbons (Fsp3) is 0.312. The lowest BCUT2D eigenvalue weighted by molar-refractivity contribution is 0.599. The van der Waals surface area contributed by atoms with E-state index in [1.807, 2.05) is 12.1 Å². The van der Waals surface area contributed by atoms with Crippen LogP contribution in [0.25, 0.3) is 0 Å². The molecule has 0 fully saturated rings. The molecule has 0 radical (unpaired) electrons. The van der Waals surface area contributed by atoms with Crippen molar-refractivity contribution in [3.63, 3.8) is 0 Å². The van der Waals surface area contributed by atoms with Gasteiger partial charge in [-0.25, -0.2) is 0 Å². The Kier molecular flexibility index (Phi) is 5.18. The average molecular weight is 287 g/mol. The normalized spacial score (nSPS) is 13.2. The van der Waals surface area contributed by atoms with E-state index in [0.717, 1.165) is 18.7 Å². The van der Waals surface area contributed by atoms with Gasteiger partial charge < -0.3 is 11.1 Å². The minimum absolute atomic E-state index is 0.479. The molecule has 2 rings (SSSR count). The van der Waals surface area contributed by atoms with Crippen LogP contribution in [0.1, 0.15) is 17.4 Å². The summed E-state index contributed by atoms with van der Waals surface area (Å²) in [4.78, 5) is 5.81. The second-order valence-corrected chi connectivity index (χ2v) is 6.14. The van der Waals surface area contributed by atoms with Gasteiger partial charge in [-0.15, -0.1) is 11.3 Å². The number of benzene rings is 1. The van der Waals surface area contributed by atoms with E-state index < -0.39 is 0 Å². The molecular formula is C16H21N3S. The predicted molar refractivity (Wildman–Crippen MR) is 88.5 cm³/mol. The molecule has 0 amide bonds. The molecule has 1 heterocycles. The van der Waals surface area contributed by atoms with Crippen molar-refractivity contribution in [3.8, 4) is 0 Å². The van der Waals surface area contributed by atoms with Crippen LogP contribution in [0.3, 0.4) is 0 Å². The van der Waals surface area contributed by atoms with E-state index in [4.69, 9.17) is 5.73 Å². The number of nitrogens with two attached hydrogens (primary N) is 1. The fourth-order valence-corrected chi connectivity index (χ4v) is 2.79. The van der Waals surface area contributed by atoms with Crippen LogP contribution in [0.4, 0.5) is 5.69 Å². The van der Waals surface area contributed by atoms with Crippen LogP contribution in [0.15, 0.2) is 46.8 Å². The summed E-state index contributed by atoms with van der Waals surface area (Å²) in [7, 11) is 0. The third-order valence-corrected chi connectivity index (χ3v) is 3.93. The smallest absolute Gasteiger partial charge is 0.193 e. The Bertz CT molecular complexity index is 544. The molecule has 1 unspecified atom stereocenters. The highest BCUT2D eigenvalue weighted by molar-refractivity contribution is 7.09. The van der Waals surface area contributed by atoms with Crippen molar-refractivity contribution in [2.45, 2.75) is 20.3 Å². The fourth-order valence-electron chi connectivity index (χ4n) is 1.92. The Morgan fingerprint density at radius 1 is 1.30 bits per heavy atom. The van der Waals surface area contributed by atoms with Gasteiger partial charge in [-0.1, -0.05) is 30.7 Å². The number of hydrogen-bond donors (Lipinski definition) is 2. The van der Waals surface area contributed by atoms with Gasteiger partial charge >= 0.3 is 0 Å². The van der Waals surface area contributed by atoms with E-state index in [1.54, 1.807) is 11.3 Å². The molecule has 3 nitrogen and oxygen atoms in total. The van der Waals surface area contributed by atoms with Gasteiger partial charge in [0.25, 0.3) is 0 Å². The SMILES string of the molecule is Cc1ccc(NC(N)=NCC(C)Cc2cccs2)cc1. The molecule has 1 atom stereocenters. The topological polar surface area (TPSA) is 50.4 Å². The Hall–Kier alpha value is -1.81. The van der Waals surface area contributed by atoms with Crippen LogP contribution < -0.4 is 11.1 Å². The molecule has 2 aromatic rings. The predicted octanol–water partition coefficient (Wildman–Crippen LogP) is 3.66. The van der Waals surface area contributed by atoms with Crippen LogP contribution in [0, 0.1) is 12.8 Å². The second kappa shape index (κ2) is 7.10. The second-order valence-electron chi connectivity index (χ2n) is 5.11. The highest BCUT2D eigenvalue weighted by Gasteiger charge is 2.04. The lowest BCUT2D eigenvalue weighted by Crippen LogP contribution is -2.23. The van der Waals surface area contributed by atoms with Crippen molar-refractivity contribution < 1.29 is 0 Å². The van der Waals surface area contributed by atoms with E-state index in [2.05, 4.69) is 53.8 Å². The van der Waals surface area contributed by atoms with Crippen molar-refractivity contribution >= 4 is 23.0 Å². The van der Waals surface area contributed by atoms with Crippen molar-refractivity contribution in [2.24, 2.45) is 16.6 Å². The van der Waals surface area contributed by atoms with Gasteiger partial charge in [0.15, 0.2) is 5.96 Å². The highest BCUT2D eigenvalue weighted by Crippen LogP contribution is 2.14. The number of aryl methyl sites for hydroxylation is 1. The lowest BCUT2D eigenvalue weighted by Gasteiger charge is -2.09. The zero-order valence-electron chi connectivity index (χ0n) is 12.0. The van der Waals surface area contributed by atoms with Gasteiger partial charge in [0.2, 0.25) is 0 Å². The van der Waals surface area contributed by atoms with E-state index in [-0.39, 0.29) is 0 Å². The molecule has 1 aromatic carbocycles. The van der Waals surface area contributed by atoms with Crippen molar-refractivity contribution in [1.82, 2.24) is 0 Å². The van der Waals surface area contributed by atoms with Crippen LogP contribution >= 0.6 is 11.3 Å². The molecule has 0 saturated heterocycles. The summed E-state index contributed by atoms with van der Waals surface area (Å²) in [5.74, 6) is 0.971. The molecule has 106 valence electrons. The summed E-state index contributed by atoms with van der Waals surface area (Å²) in [6.07, 6.45) is 1.05. The molecule has 20 heavy (non-hydrogen) atoms. The number of guanidine groups is 1. The van der Waals surface area contributed by atoms with Crippen LogP contribution in [-0.4, -0.2) is 12.5 Å². The van der Waals surface area contributed by atoms with Crippen LogP contribution in [0.2, 0.25) is 0 Å². The average Bonchev–Trinajstić information content (AvgIpc) is 2.92. The lowest BCUT2D eigenvalue weighted by atomic mass is 10.1. The van der Waals surface area contributed by atoms with E-state index in [0.29, 0.717) is 11.9 Å².